The Balaban J connectivity index is 2.17. The highest BCUT2D eigenvalue weighted by atomic mass is 79.9. The largest absolute Gasteiger partial charge is 0.496 e. The summed E-state index contributed by atoms with van der Waals surface area (Å²) in [5.74, 6) is 1.59. The molecule has 5 heteroatoms. The summed E-state index contributed by atoms with van der Waals surface area (Å²) in [5.41, 5.74) is 4.25. The van der Waals surface area contributed by atoms with Gasteiger partial charge in [-0.1, -0.05) is 0 Å². The summed E-state index contributed by atoms with van der Waals surface area (Å²) in [7, 11) is 1.69. The number of benzene rings is 1. The molecule has 0 bridgehead atoms. The fraction of sp³-hybridized carbons (Fsp3) is 0.200. The maximum absolute atomic E-state index is 5.35. The fourth-order valence-corrected chi connectivity index (χ4v) is 2.60. The van der Waals surface area contributed by atoms with Crippen LogP contribution in [0.3, 0.4) is 0 Å². The van der Waals surface area contributed by atoms with Crippen LogP contribution in [0.5, 0.6) is 5.75 Å². The topological polar surface area (TPSA) is 39.4 Å². The predicted octanol–water partition coefficient (Wildman–Crippen LogP) is 3.78. The molecule has 0 amide bonds. The minimum absolute atomic E-state index is 0.691. The van der Waals surface area contributed by atoms with Crippen molar-refractivity contribution in [3.05, 3.63) is 46.3 Å². The molecule has 0 aliphatic carbocycles. The van der Waals surface area contributed by atoms with Crippen molar-refractivity contribution in [2.75, 3.05) is 7.11 Å². The van der Waals surface area contributed by atoms with Gasteiger partial charge in [0.2, 0.25) is 5.78 Å². The van der Waals surface area contributed by atoms with E-state index >= 15 is 0 Å². The molecule has 0 fully saturated rings. The first-order valence-electron chi connectivity index (χ1n) is 6.24. The molecule has 0 spiro atoms. The molecule has 102 valence electrons. The standard InChI is InChI=1S/C15H14BrN3O/c1-9-5-14(20-3)10(2)4-12(9)13-8-19-7-11(16)6-17-15(19)18-13/h4-8H,1-3H3. The molecule has 0 radical (unpaired) electrons. The van der Waals surface area contributed by atoms with Crippen LogP contribution in [-0.2, 0) is 0 Å². The summed E-state index contributed by atoms with van der Waals surface area (Å²) < 4.78 is 8.19. The number of rotatable bonds is 2. The zero-order valence-corrected chi connectivity index (χ0v) is 13.1. The van der Waals surface area contributed by atoms with Crippen molar-refractivity contribution < 1.29 is 4.74 Å². The lowest BCUT2D eigenvalue weighted by molar-refractivity contribution is 0.411. The van der Waals surface area contributed by atoms with Gasteiger partial charge in [-0.25, -0.2) is 9.97 Å². The van der Waals surface area contributed by atoms with E-state index in [1.807, 2.05) is 29.8 Å². The van der Waals surface area contributed by atoms with E-state index in [0.29, 0.717) is 5.78 Å². The van der Waals surface area contributed by atoms with Crippen LogP contribution in [0.2, 0.25) is 0 Å². The average molecular weight is 332 g/mol. The van der Waals surface area contributed by atoms with E-state index in [2.05, 4.69) is 38.9 Å². The number of imidazole rings is 1. The second-order valence-electron chi connectivity index (χ2n) is 4.74. The van der Waals surface area contributed by atoms with Gasteiger partial charge >= 0.3 is 0 Å². The highest BCUT2D eigenvalue weighted by Crippen LogP contribution is 2.29. The van der Waals surface area contributed by atoms with Crippen molar-refractivity contribution in [2.24, 2.45) is 0 Å². The van der Waals surface area contributed by atoms with E-state index in [1.165, 1.54) is 0 Å². The smallest absolute Gasteiger partial charge is 0.234 e. The zero-order chi connectivity index (χ0) is 14.3. The van der Waals surface area contributed by atoms with Crippen molar-refractivity contribution in [3.8, 4) is 17.0 Å². The number of aromatic nitrogens is 3. The molecule has 0 N–H and O–H groups in total. The van der Waals surface area contributed by atoms with Gasteiger partial charge in [0.25, 0.3) is 0 Å². The number of nitrogens with zero attached hydrogens (tertiary/aromatic N) is 3. The molecule has 1 aromatic carbocycles. The van der Waals surface area contributed by atoms with Gasteiger partial charge in [-0.05, 0) is 53.0 Å². The maximum Gasteiger partial charge on any atom is 0.234 e. The van der Waals surface area contributed by atoms with Crippen LogP contribution >= 0.6 is 15.9 Å². The van der Waals surface area contributed by atoms with Gasteiger partial charge < -0.3 is 4.74 Å². The Morgan fingerprint density at radius 2 is 1.95 bits per heavy atom. The number of aryl methyl sites for hydroxylation is 2. The van der Waals surface area contributed by atoms with Crippen molar-refractivity contribution in [1.82, 2.24) is 14.4 Å². The van der Waals surface area contributed by atoms with Crippen molar-refractivity contribution in [2.45, 2.75) is 13.8 Å². The Morgan fingerprint density at radius 3 is 2.70 bits per heavy atom. The summed E-state index contributed by atoms with van der Waals surface area (Å²) in [6.45, 7) is 4.09. The highest BCUT2D eigenvalue weighted by molar-refractivity contribution is 9.10. The van der Waals surface area contributed by atoms with Crippen LogP contribution in [0.4, 0.5) is 0 Å². The second kappa shape index (κ2) is 4.90. The third kappa shape index (κ3) is 2.18. The lowest BCUT2D eigenvalue weighted by atomic mass is 10.0. The van der Waals surface area contributed by atoms with E-state index in [-0.39, 0.29) is 0 Å². The van der Waals surface area contributed by atoms with Crippen LogP contribution in [-0.4, -0.2) is 21.5 Å². The van der Waals surface area contributed by atoms with E-state index in [1.54, 1.807) is 13.3 Å². The number of hydrogen-bond donors (Lipinski definition) is 0. The molecule has 3 aromatic rings. The summed E-state index contributed by atoms with van der Waals surface area (Å²) in [5, 5.41) is 0. The van der Waals surface area contributed by atoms with E-state index in [9.17, 15) is 0 Å². The first-order chi connectivity index (χ1) is 9.58. The quantitative estimate of drug-likeness (QED) is 0.717. The van der Waals surface area contributed by atoms with E-state index in [0.717, 1.165) is 32.6 Å². The van der Waals surface area contributed by atoms with Crippen LogP contribution in [0.25, 0.3) is 17.0 Å². The molecule has 2 heterocycles. The molecule has 2 aromatic heterocycles. The molecular formula is C15H14BrN3O. The lowest BCUT2D eigenvalue weighted by Crippen LogP contribution is -1.91. The van der Waals surface area contributed by atoms with Crippen molar-refractivity contribution in [3.63, 3.8) is 0 Å². The molecule has 0 aliphatic rings. The molecule has 3 rings (SSSR count). The first kappa shape index (κ1) is 13.1. The fourth-order valence-electron chi connectivity index (χ4n) is 2.28. The zero-order valence-electron chi connectivity index (χ0n) is 11.5. The van der Waals surface area contributed by atoms with Gasteiger partial charge in [0.15, 0.2) is 0 Å². The minimum atomic E-state index is 0.691. The summed E-state index contributed by atoms with van der Waals surface area (Å²) >= 11 is 3.42. The molecule has 20 heavy (non-hydrogen) atoms. The second-order valence-corrected chi connectivity index (χ2v) is 5.66. The van der Waals surface area contributed by atoms with Gasteiger partial charge in [-0.15, -0.1) is 0 Å². The number of ether oxygens (including phenoxy) is 1. The minimum Gasteiger partial charge on any atom is -0.496 e. The summed E-state index contributed by atoms with van der Waals surface area (Å²) in [4.78, 5) is 8.86. The van der Waals surface area contributed by atoms with E-state index < -0.39 is 0 Å². The van der Waals surface area contributed by atoms with Crippen LogP contribution < -0.4 is 4.74 Å². The SMILES string of the molecule is COc1cc(C)c(-c2cn3cc(Br)cnc3n2)cc1C. The van der Waals surface area contributed by atoms with Gasteiger partial charge in [-0.2, -0.15) is 0 Å². The monoisotopic (exact) mass is 331 g/mol. The highest BCUT2D eigenvalue weighted by Gasteiger charge is 2.11. The number of hydrogen-bond acceptors (Lipinski definition) is 3. The van der Waals surface area contributed by atoms with Gasteiger partial charge in [0.05, 0.1) is 17.3 Å². The lowest BCUT2D eigenvalue weighted by Gasteiger charge is -2.09. The van der Waals surface area contributed by atoms with Gasteiger partial charge in [0.1, 0.15) is 5.75 Å². The summed E-state index contributed by atoms with van der Waals surface area (Å²) in [6.07, 6.45) is 5.68. The Labute approximate surface area is 125 Å². The number of methoxy groups -OCH3 is 1. The Kier molecular flexibility index (Phi) is 3.22. The maximum atomic E-state index is 5.35. The average Bonchev–Trinajstić information content (AvgIpc) is 2.83. The molecule has 0 saturated carbocycles. The van der Waals surface area contributed by atoms with Crippen molar-refractivity contribution >= 4 is 21.7 Å². The Hall–Kier alpha value is -1.88. The molecule has 0 saturated heterocycles. The van der Waals surface area contributed by atoms with E-state index in [4.69, 9.17) is 4.74 Å². The third-order valence-corrected chi connectivity index (χ3v) is 3.71. The Bertz CT molecular complexity index is 795. The van der Waals surface area contributed by atoms with Crippen LogP contribution in [0.1, 0.15) is 11.1 Å². The van der Waals surface area contributed by atoms with Gasteiger partial charge in [-0.3, -0.25) is 4.40 Å². The molecule has 0 unspecified atom stereocenters. The number of halogens is 1. The number of fused-ring (bicyclic) bond motifs is 1. The molecule has 0 atom stereocenters. The molecule has 4 nitrogen and oxygen atoms in total. The predicted molar refractivity (Wildman–Crippen MR) is 82.1 cm³/mol. The van der Waals surface area contributed by atoms with Crippen LogP contribution in [0.15, 0.2) is 35.2 Å². The third-order valence-electron chi connectivity index (χ3n) is 3.30. The molecule has 0 aliphatic heterocycles. The van der Waals surface area contributed by atoms with Crippen molar-refractivity contribution in [1.29, 1.82) is 0 Å². The normalized spacial score (nSPS) is 11.0. The Morgan fingerprint density at radius 1 is 1.15 bits per heavy atom. The first-order valence-corrected chi connectivity index (χ1v) is 7.03. The molecular weight excluding hydrogens is 318 g/mol. The van der Waals surface area contributed by atoms with Gasteiger partial charge in [0, 0.05) is 24.2 Å². The summed E-state index contributed by atoms with van der Waals surface area (Å²) in [6, 6.07) is 4.14. The van der Waals surface area contributed by atoms with Crippen LogP contribution in [0, 0.1) is 13.8 Å².